The molecule has 1 aromatic heterocycles. The van der Waals surface area contributed by atoms with E-state index in [0.29, 0.717) is 30.2 Å². The number of carbonyl (C=O) groups is 2. The lowest BCUT2D eigenvalue weighted by Crippen LogP contribution is -2.42. The zero-order valence-corrected chi connectivity index (χ0v) is 16.8. The van der Waals surface area contributed by atoms with Crippen LogP contribution >= 0.6 is 0 Å². The number of hydrogen-bond acceptors (Lipinski definition) is 4. The molecule has 1 unspecified atom stereocenters. The number of piperidine rings is 1. The summed E-state index contributed by atoms with van der Waals surface area (Å²) in [6.07, 6.45) is 9.13. The van der Waals surface area contributed by atoms with E-state index in [0.717, 1.165) is 38.3 Å². The minimum absolute atomic E-state index is 0.00516. The number of pyridine rings is 1. The highest BCUT2D eigenvalue weighted by molar-refractivity contribution is 5.94. The van der Waals surface area contributed by atoms with Gasteiger partial charge in [-0.25, -0.2) is 4.98 Å². The molecule has 2 aliphatic rings. The third-order valence-electron chi connectivity index (χ3n) is 5.70. The first kappa shape index (κ1) is 19.8. The first-order chi connectivity index (χ1) is 13.0. The molecule has 3 heterocycles. The van der Waals surface area contributed by atoms with Crippen LogP contribution in [0.25, 0.3) is 0 Å². The molecule has 1 amide bonds. The Kier molecular flexibility index (Phi) is 6.86. The van der Waals surface area contributed by atoms with Crippen LogP contribution in [0.15, 0.2) is 18.3 Å². The third kappa shape index (κ3) is 5.30. The molecule has 5 heteroatoms. The molecular formula is C22H33N3O2. The maximum atomic E-state index is 12.9. The maximum Gasteiger partial charge on any atom is 0.255 e. The van der Waals surface area contributed by atoms with Crippen LogP contribution in [-0.4, -0.2) is 47.8 Å². The van der Waals surface area contributed by atoms with E-state index in [1.807, 2.05) is 17.0 Å². The van der Waals surface area contributed by atoms with Crippen LogP contribution in [0, 0.1) is 11.8 Å². The number of Topliss-reactive ketones (excluding diaryl/α,β-unsaturated/α-hetero) is 1. The van der Waals surface area contributed by atoms with Crippen LogP contribution in [-0.2, 0) is 4.79 Å². The Bertz CT molecular complexity index is 633. The second kappa shape index (κ2) is 9.34. The van der Waals surface area contributed by atoms with Crippen LogP contribution < -0.4 is 4.90 Å². The van der Waals surface area contributed by atoms with Crippen molar-refractivity contribution < 1.29 is 9.59 Å². The van der Waals surface area contributed by atoms with Gasteiger partial charge in [0.1, 0.15) is 11.6 Å². The molecular weight excluding hydrogens is 338 g/mol. The smallest absolute Gasteiger partial charge is 0.255 e. The standard InChI is InChI=1S/C22H33N3O2/c1-17(2)14-20(26)19-8-7-13-25(16-19)22(27)18-9-10-21(23-15-18)24-11-5-3-4-6-12-24/h9-10,15,17,19H,3-8,11-14,16H2,1-2H3. The predicted molar refractivity (Wildman–Crippen MR) is 108 cm³/mol. The normalized spacial score (nSPS) is 21.2. The molecule has 0 aromatic carbocycles. The van der Waals surface area contributed by atoms with E-state index in [1.54, 1.807) is 6.20 Å². The Morgan fingerprint density at radius 2 is 1.81 bits per heavy atom. The summed E-state index contributed by atoms with van der Waals surface area (Å²) in [4.78, 5) is 34.0. The fourth-order valence-corrected chi connectivity index (χ4v) is 4.18. The lowest BCUT2D eigenvalue weighted by atomic mass is 9.89. The quantitative estimate of drug-likeness (QED) is 0.787. The Labute approximate surface area is 163 Å². The van der Waals surface area contributed by atoms with Crippen molar-refractivity contribution in [3.8, 4) is 0 Å². The van der Waals surface area contributed by atoms with Gasteiger partial charge in [-0.2, -0.15) is 0 Å². The van der Waals surface area contributed by atoms with Gasteiger partial charge in [0.15, 0.2) is 0 Å². The van der Waals surface area contributed by atoms with Gasteiger partial charge in [-0.05, 0) is 43.7 Å². The number of likely N-dealkylation sites (tertiary alicyclic amines) is 1. The number of nitrogens with zero attached hydrogens (tertiary/aromatic N) is 3. The number of ketones is 1. The molecule has 2 fully saturated rings. The Morgan fingerprint density at radius 1 is 1.07 bits per heavy atom. The van der Waals surface area contributed by atoms with Gasteiger partial charge in [-0.3, -0.25) is 9.59 Å². The summed E-state index contributed by atoms with van der Waals surface area (Å²) in [7, 11) is 0. The van der Waals surface area contributed by atoms with E-state index < -0.39 is 0 Å². The summed E-state index contributed by atoms with van der Waals surface area (Å²) in [5.41, 5.74) is 0.630. The number of amides is 1. The fourth-order valence-electron chi connectivity index (χ4n) is 4.18. The Balaban J connectivity index is 1.62. The highest BCUT2D eigenvalue weighted by Crippen LogP contribution is 2.23. The van der Waals surface area contributed by atoms with Crippen LogP contribution in [0.1, 0.15) is 69.2 Å². The molecule has 0 spiro atoms. The molecule has 1 aromatic rings. The van der Waals surface area contributed by atoms with Gasteiger partial charge in [0.05, 0.1) is 5.56 Å². The van der Waals surface area contributed by atoms with E-state index in [9.17, 15) is 9.59 Å². The van der Waals surface area contributed by atoms with Crippen molar-refractivity contribution in [1.29, 1.82) is 0 Å². The van der Waals surface area contributed by atoms with E-state index in [-0.39, 0.29) is 11.8 Å². The second-order valence-electron chi connectivity index (χ2n) is 8.46. The minimum atomic E-state index is -0.00516. The van der Waals surface area contributed by atoms with Crippen molar-refractivity contribution in [3.05, 3.63) is 23.9 Å². The summed E-state index contributed by atoms with van der Waals surface area (Å²) in [6.45, 7) is 7.52. The second-order valence-corrected chi connectivity index (χ2v) is 8.46. The SMILES string of the molecule is CC(C)CC(=O)C1CCCN(C(=O)c2ccc(N3CCCCCC3)nc2)C1. The van der Waals surface area contributed by atoms with Crippen molar-refractivity contribution in [3.63, 3.8) is 0 Å². The van der Waals surface area contributed by atoms with Crippen LogP contribution in [0.3, 0.4) is 0 Å². The van der Waals surface area contributed by atoms with E-state index in [4.69, 9.17) is 0 Å². The summed E-state index contributed by atoms with van der Waals surface area (Å²) in [5, 5.41) is 0. The highest BCUT2D eigenvalue weighted by Gasteiger charge is 2.29. The Morgan fingerprint density at radius 3 is 2.44 bits per heavy atom. The van der Waals surface area contributed by atoms with E-state index in [1.165, 1.54) is 25.7 Å². The van der Waals surface area contributed by atoms with Gasteiger partial charge in [0, 0.05) is 44.7 Å². The average molecular weight is 372 g/mol. The zero-order valence-electron chi connectivity index (χ0n) is 16.8. The van der Waals surface area contributed by atoms with E-state index in [2.05, 4.69) is 23.7 Å². The molecule has 148 valence electrons. The number of anilines is 1. The molecule has 0 aliphatic carbocycles. The molecule has 0 radical (unpaired) electrons. The van der Waals surface area contributed by atoms with Gasteiger partial charge in [-0.1, -0.05) is 26.7 Å². The van der Waals surface area contributed by atoms with Crippen molar-refractivity contribution in [2.75, 3.05) is 31.1 Å². The third-order valence-corrected chi connectivity index (χ3v) is 5.70. The van der Waals surface area contributed by atoms with Crippen LogP contribution in [0.2, 0.25) is 0 Å². The topological polar surface area (TPSA) is 53.5 Å². The fraction of sp³-hybridized carbons (Fsp3) is 0.682. The molecule has 0 bridgehead atoms. The number of rotatable bonds is 5. The van der Waals surface area contributed by atoms with Crippen LogP contribution in [0.5, 0.6) is 0 Å². The van der Waals surface area contributed by atoms with Gasteiger partial charge in [-0.15, -0.1) is 0 Å². The van der Waals surface area contributed by atoms with E-state index >= 15 is 0 Å². The Hall–Kier alpha value is -1.91. The van der Waals surface area contributed by atoms with Gasteiger partial charge in [0.25, 0.3) is 5.91 Å². The summed E-state index contributed by atoms with van der Waals surface area (Å²) in [5.74, 6) is 1.65. The molecule has 5 nitrogen and oxygen atoms in total. The highest BCUT2D eigenvalue weighted by atomic mass is 16.2. The van der Waals surface area contributed by atoms with Gasteiger partial charge in [0.2, 0.25) is 0 Å². The first-order valence-corrected chi connectivity index (χ1v) is 10.6. The molecule has 2 aliphatic heterocycles. The number of carbonyl (C=O) groups excluding carboxylic acids is 2. The predicted octanol–water partition coefficient (Wildman–Crippen LogP) is 3.93. The zero-order chi connectivity index (χ0) is 19.2. The lowest BCUT2D eigenvalue weighted by molar-refractivity contribution is -0.124. The molecule has 0 saturated carbocycles. The van der Waals surface area contributed by atoms with Gasteiger partial charge < -0.3 is 9.80 Å². The molecule has 0 N–H and O–H groups in total. The van der Waals surface area contributed by atoms with Crippen molar-refractivity contribution in [1.82, 2.24) is 9.88 Å². The summed E-state index contributed by atoms with van der Waals surface area (Å²) < 4.78 is 0. The monoisotopic (exact) mass is 371 g/mol. The number of aromatic nitrogens is 1. The van der Waals surface area contributed by atoms with Crippen molar-refractivity contribution >= 4 is 17.5 Å². The van der Waals surface area contributed by atoms with Crippen molar-refractivity contribution in [2.45, 2.75) is 58.8 Å². The molecule has 2 saturated heterocycles. The summed E-state index contributed by atoms with van der Waals surface area (Å²) >= 11 is 0. The number of hydrogen-bond donors (Lipinski definition) is 0. The molecule has 27 heavy (non-hydrogen) atoms. The van der Waals surface area contributed by atoms with Crippen LogP contribution in [0.4, 0.5) is 5.82 Å². The van der Waals surface area contributed by atoms with Gasteiger partial charge >= 0.3 is 0 Å². The molecule has 1 atom stereocenters. The minimum Gasteiger partial charge on any atom is -0.357 e. The first-order valence-electron chi connectivity index (χ1n) is 10.6. The van der Waals surface area contributed by atoms with Crippen molar-refractivity contribution in [2.24, 2.45) is 11.8 Å². The largest absolute Gasteiger partial charge is 0.357 e. The average Bonchev–Trinajstić information content (AvgIpc) is 2.97. The summed E-state index contributed by atoms with van der Waals surface area (Å²) in [6, 6.07) is 3.87. The lowest BCUT2D eigenvalue weighted by Gasteiger charge is -2.32. The molecule has 3 rings (SSSR count). The maximum absolute atomic E-state index is 12.9.